The maximum Gasteiger partial charge on any atom is 0.224 e. The molecule has 1 fully saturated rings. The van der Waals surface area contributed by atoms with Gasteiger partial charge in [-0.05, 0) is 24.5 Å². The van der Waals surface area contributed by atoms with E-state index in [0.29, 0.717) is 18.9 Å². The molecule has 1 saturated carbocycles. The molecular weight excluding hydrogens is 300 g/mol. The van der Waals surface area contributed by atoms with Gasteiger partial charge in [-0.25, -0.2) is 4.98 Å². The quantitative estimate of drug-likeness (QED) is 0.758. The van der Waals surface area contributed by atoms with Crippen molar-refractivity contribution in [3.63, 3.8) is 0 Å². The minimum atomic E-state index is 0.0689. The first-order chi connectivity index (χ1) is 11.7. The fraction of sp³-hybridized carbons (Fsp3) is 0.368. The molecule has 5 heteroatoms. The number of amides is 1. The van der Waals surface area contributed by atoms with Gasteiger partial charge >= 0.3 is 0 Å². The molecule has 24 heavy (non-hydrogen) atoms. The summed E-state index contributed by atoms with van der Waals surface area (Å²) in [6.45, 7) is 1.42. The van der Waals surface area contributed by atoms with Gasteiger partial charge < -0.3 is 14.5 Å². The Labute approximate surface area is 141 Å². The van der Waals surface area contributed by atoms with Crippen molar-refractivity contribution in [3.05, 3.63) is 54.2 Å². The number of fused-ring (bicyclic) bond motifs is 1. The number of para-hydroxylation sites is 1. The molecule has 3 aromatic rings. The smallest absolute Gasteiger partial charge is 0.224 e. The minimum Gasteiger partial charge on any atom is -0.354 e. The second kappa shape index (κ2) is 6.15. The highest BCUT2D eigenvalue weighted by Crippen LogP contribution is 2.38. The van der Waals surface area contributed by atoms with Crippen LogP contribution in [0.15, 0.2) is 42.9 Å². The third-order valence-electron chi connectivity index (χ3n) is 4.70. The van der Waals surface area contributed by atoms with E-state index in [1.807, 2.05) is 37.8 Å². The predicted molar refractivity (Wildman–Crippen MR) is 93.8 cm³/mol. The van der Waals surface area contributed by atoms with Gasteiger partial charge in [-0.3, -0.25) is 4.79 Å². The van der Waals surface area contributed by atoms with Gasteiger partial charge in [0.15, 0.2) is 0 Å². The van der Waals surface area contributed by atoms with E-state index >= 15 is 0 Å². The molecule has 5 nitrogen and oxygen atoms in total. The van der Waals surface area contributed by atoms with Crippen molar-refractivity contribution in [1.82, 2.24) is 19.4 Å². The maximum atomic E-state index is 12.3. The zero-order chi connectivity index (χ0) is 16.5. The van der Waals surface area contributed by atoms with Crippen LogP contribution in [-0.2, 0) is 24.8 Å². The molecule has 1 aliphatic rings. The summed E-state index contributed by atoms with van der Waals surface area (Å²) < 4.78 is 4.24. The summed E-state index contributed by atoms with van der Waals surface area (Å²) in [4.78, 5) is 16.7. The lowest BCUT2D eigenvalue weighted by Gasteiger charge is -2.08. The minimum absolute atomic E-state index is 0.0689. The largest absolute Gasteiger partial charge is 0.354 e. The number of imidazole rings is 1. The fourth-order valence-corrected chi connectivity index (χ4v) is 3.33. The van der Waals surface area contributed by atoms with Gasteiger partial charge in [0.1, 0.15) is 5.82 Å². The van der Waals surface area contributed by atoms with Crippen molar-refractivity contribution in [2.45, 2.75) is 31.7 Å². The molecule has 0 saturated heterocycles. The number of carbonyl (C=O) groups excluding carboxylic acids is 1. The first-order valence-corrected chi connectivity index (χ1v) is 8.53. The van der Waals surface area contributed by atoms with Crippen LogP contribution in [0.2, 0.25) is 0 Å². The van der Waals surface area contributed by atoms with Crippen LogP contribution in [0.3, 0.4) is 0 Å². The Bertz CT molecular complexity index is 873. The lowest BCUT2D eigenvalue weighted by Crippen LogP contribution is -2.28. The van der Waals surface area contributed by atoms with E-state index in [1.54, 1.807) is 0 Å². The standard InChI is InChI=1S/C19H22N4O/c1-22-13-15(16-4-2-3-5-17(16)22)12-18(24)20-8-10-23-11-9-21-19(23)14-6-7-14/h2-5,9,11,13-14H,6-8,10,12H2,1H3,(H,20,24). The molecule has 1 N–H and O–H groups in total. The molecule has 4 rings (SSSR count). The number of nitrogens with zero attached hydrogens (tertiary/aromatic N) is 3. The van der Waals surface area contributed by atoms with E-state index in [4.69, 9.17) is 0 Å². The average molecular weight is 322 g/mol. The number of aryl methyl sites for hydroxylation is 1. The Kier molecular flexibility index (Phi) is 3.84. The number of hydrogen-bond donors (Lipinski definition) is 1. The van der Waals surface area contributed by atoms with Gasteiger partial charge in [0.05, 0.1) is 6.42 Å². The summed E-state index contributed by atoms with van der Waals surface area (Å²) >= 11 is 0. The molecule has 1 amide bonds. The Balaban J connectivity index is 1.35. The third-order valence-corrected chi connectivity index (χ3v) is 4.70. The second-order valence-electron chi connectivity index (χ2n) is 6.56. The summed E-state index contributed by atoms with van der Waals surface area (Å²) in [5, 5.41) is 4.19. The normalized spacial score (nSPS) is 14.2. The summed E-state index contributed by atoms with van der Waals surface area (Å²) in [7, 11) is 2.02. The van der Waals surface area contributed by atoms with Crippen LogP contribution in [-0.4, -0.2) is 26.6 Å². The van der Waals surface area contributed by atoms with E-state index in [2.05, 4.69) is 31.6 Å². The summed E-state index contributed by atoms with van der Waals surface area (Å²) in [5.41, 5.74) is 2.24. The molecule has 2 heterocycles. The van der Waals surface area contributed by atoms with Gasteiger partial charge in [0, 0.05) is 55.5 Å². The highest BCUT2D eigenvalue weighted by atomic mass is 16.1. The lowest BCUT2D eigenvalue weighted by atomic mass is 10.1. The SMILES string of the molecule is Cn1cc(CC(=O)NCCn2ccnc2C2CC2)c2ccccc21. The second-order valence-corrected chi connectivity index (χ2v) is 6.56. The third kappa shape index (κ3) is 2.94. The number of hydrogen-bond acceptors (Lipinski definition) is 2. The molecule has 0 unspecified atom stereocenters. The van der Waals surface area contributed by atoms with Crippen molar-refractivity contribution < 1.29 is 4.79 Å². The van der Waals surface area contributed by atoms with E-state index in [1.165, 1.54) is 18.7 Å². The Morgan fingerprint density at radius 1 is 1.33 bits per heavy atom. The summed E-state index contributed by atoms with van der Waals surface area (Å²) in [6, 6.07) is 8.19. The van der Waals surface area contributed by atoms with E-state index in [0.717, 1.165) is 23.0 Å². The lowest BCUT2D eigenvalue weighted by molar-refractivity contribution is -0.120. The van der Waals surface area contributed by atoms with Gasteiger partial charge in [-0.2, -0.15) is 0 Å². The molecule has 1 aromatic carbocycles. The van der Waals surface area contributed by atoms with Crippen LogP contribution in [0.4, 0.5) is 0 Å². The van der Waals surface area contributed by atoms with E-state index in [-0.39, 0.29) is 5.91 Å². The van der Waals surface area contributed by atoms with Crippen LogP contribution < -0.4 is 5.32 Å². The number of benzene rings is 1. The predicted octanol–water partition coefficient (Wildman–Crippen LogP) is 2.61. The number of carbonyl (C=O) groups is 1. The molecule has 0 bridgehead atoms. The van der Waals surface area contributed by atoms with Crippen molar-refractivity contribution in [1.29, 1.82) is 0 Å². The molecule has 2 aromatic heterocycles. The Hall–Kier alpha value is -2.56. The van der Waals surface area contributed by atoms with Crippen molar-refractivity contribution in [3.8, 4) is 0 Å². The van der Waals surface area contributed by atoms with Gasteiger partial charge in [-0.15, -0.1) is 0 Å². The monoisotopic (exact) mass is 322 g/mol. The van der Waals surface area contributed by atoms with Crippen LogP contribution in [0.1, 0.15) is 30.1 Å². The first-order valence-electron chi connectivity index (χ1n) is 8.53. The number of rotatable bonds is 6. The van der Waals surface area contributed by atoms with Crippen LogP contribution in [0.25, 0.3) is 10.9 Å². The van der Waals surface area contributed by atoms with Crippen molar-refractivity contribution in [2.24, 2.45) is 7.05 Å². The van der Waals surface area contributed by atoms with Crippen LogP contribution in [0.5, 0.6) is 0 Å². The molecule has 0 radical (unpaired) electrons. The van der Waals surface area contributed by atoms with Crippen molar-refractivity contribution >= 4 is 16.8 Å². The van der Waals surface area contributed by atoms with Gasteiger partial charge in [0.2, 0.25) is 5.91 Å². The molecule has 124 valence electrons. The fourth-order valence-electron chi connectivity index (χ4n) is 3.33. The topological polar surface area (TPSA) is 51.9 Å². The Morgan fingerprint density at radius 3 is 3.00 bits per heavy atom. The van der Waals surface area contributed by atoms with Crippen molar-refractivity contribution in [2.75, 3.05) is 6.54 Å². The van der Waals surface area contributed by atoms with E-state index < -0.39 is 0 Å². The number of nitrogens with one attached hydrogen (secondary N) is 1. The average Bonchev–Trinajstić information content (AvgIpc) is 3.24. The van der Waals surface area contributed by atoms with Gasteiger partial charge in [-0.1, -0.05) is 18.2 Å². The molecule has 1 aliphatic carbocycles. The maximum absolute atomic E-state index is 12.3. The zero-order valence-electron chi connectivity index (χ0n) is 13.9. The zero-order valence-corrected chi connectivity index (χ0v) is 13.9. The van der Waals surface area contributed by atoms with Crippen LogP contribution >= 0.6 is 0 Å². The molecular formula is C19H22N4O. The number of aromatic nitrogens is 3. The van der Waals surface area contributed by atoms with Gasteiger partial charge in [0.25, 0.3) is 0 Å². The molecule has 0 atom stereocenters. The summed E-state index contributed by atoms with van der Waals surface area (Å²) in [5.74, 6) is 1.86. The van der Waals surface area contributed by atoms with Crippen LogP contribution in [0, 0.1) is 0 Å². The van der Waals surface area contributed by atoms with E-state index in [9.17, 15) is 4.79 Å². The first kappa shape index (κ1) is 15.0. The highest BCUT2D eigenvalue weighted by molar-refractivity contribution is 5.89. The molecule has 0 aliphatic heterocycles. The Morgan fingerprint density at radius 2 is 2.17 bits per heavy atom. The molecule has 0 spiro atoms. The summed E-state index contributed by atoms with van der Waals surface area (Å²) in [6.07, 6.45) is 8.80. The highest BCUT2D eigenvalue weighted by Gasteiger charge is 2.27.